The fourth-order valence-corrected chi connectivity index (χ4v) is 3.40. The van der Waals surface area contributed by atoms with E-state index in [4.69, 9.17) is 0 Å². The Hall–Kier alpha value is -2.41. The van der Waals surface area contributed by atoms with E-state index in [0.29, 0.717) is 6.54 Å². The molecule has 132 valence electrons. The summed E-state index contributed by atoms with van der Waals surface area (Å²) < 4.78 is 2.04. The number of fused-ring (bicyclic) bond motifs is 1. The predicted octanol–water partition coefficient (Wildman–Crippen LogP) is 2.79. The molecule has 0 aliphatic heterocycles. The minimum Gasteiger partial charge on any atom is -0.357 e. The zero-order valence-corrected chi connectivity index (χ0v) is 15.5. The normalized spacial score (nSPS) is 11.8. The minimum absolute atomic E-state index is 0.711. The first-order chi connectivity index (χ1) is 12.3. The van der Waals surface area contributed by atoms with E-state index in [-0.39, 0.29) is 0 Å². The van der Waals surface area contributed by atoms with Crippen molar-refractivity contribution in [3.05, 3.63) is 52.1 Å². The average Bonchev–Trinajstić information content (AvgIpc) is 3.22. The van der Waals surface area contributed by atoms with Crippen molar-refractivity contribution in [3.8, 4) is 0 Å². The van der Waals surface area contributed by atoms with Crippen molar-refractivity contribution in [3.63, 3.8) is 0 Å². The fourth-order valence-electron chi connectivity index (χ4n) is 2.58. The van der Waals surface area contributed by atoms with Gasteiger partial charge in [-0.05, 0) is 44.5 Å². The Morgan fingerprint density at radius 3 is 2.92 bits per heavy atom. The van der Waals surface area contributed by atoms with Crippen molar-refractivity contribution in [1.82, 2.24) is 25.2 Å². The van der Waals surface area contributed by atoms with Gasteiger partial charge in [0.05, 0.1) is 6.54 Å². The molecule has 0 aliphatic rings. The van der Waals surface area contributed by atoms with Gasteiger partial charge >= 0.3 is 0 Å². The highest BCUT2D eigenvalue weighted by Gasteiger charge is 2.04. The van der Waals surface area contributed by atoms with Crippen LogP contribution in [0.5, 0.6) is 0 Å². The van der Waals surface area contributed by atoms with Gasteiger partial charge in [0.1, 0.15) is 5.82 Å². The number of hydrogen-bond donors (Lipinski definition) is 2. The maximum atomic E-state index is 4.65. The van der Waals surface area contributed by atoms with E-state index >= 15 is 0 Å². The van der Waals surface area contributed by atoms with E-state index in [1.165, 1.54) is 9.75 Å². The molecule has 0 fully saturated rings. The lowest BCUT2D eigenvalue weighted by molar-refractivity contribution is 0.715. The van der Waals surface area contributed by atoms with Gasteiger partial charge in [-0.2, -0.15) is 0 Å². The van der Waals surface area contributed by atoms with E-state index in [1.54, 1.807) is 11.3 Å². The molecule has 2 N–H and O–H groups in total. The molecule has 0 spiro atoms. The van der Waals surface area contributed by atoms with Crippen LogP contribution in [0.1, 0.15) is 28.9 Å². The molecule has 7 heteroatoms. The van der Waals surface area contributed by atoms with Gasteiger partial charge in [-0.3, -0.25) is 4.40 Å². The van der Waals surface area contributed by atoms with E-state index < -0.39 is 0 Å². The Morgan fingerprint density at radius 2 is 2.12 bits per heavy atom. The van der Waals surface area contributed by atoms with Crippen LogP contribution in [0.15, 0.2) is 41.5 Å². The first-order valence-corrected chi connectivity index (χ1v) is 9.44. The molecule has 3 aromatic heterocycles. The first kappa shape index (κ1) is 17.4. The van der Waals surface area contributed by atoms with Crippen LogP contribution in [0, 0.1) is 6.92 Å². The molecule has 0 aromatic carbocycles. The molecule has 25 heavy (non-hydrogen) atoms. The lowest BCUT2D eigenvalue weighted by Crippen LogP contribution is -2.37. The zero-order valence-electron chi connectivity index (χ0n) is 14.7. The summed E-state index contributed by atoms with van der Waals surface area (Å²) in [5, 5.41) is 15.1. The predicted molar refractivity (Wildman–Crippen MR) is 103 cm³/mol. The third-order valence-corrected chi connectivity index (χ3v) is 4.77. The summed E-state index contributed by atoms with van der Waals surface area (Å²) in [4.78, 5) is 7.26. The number of thiophene rings is 1. The molecule has 3 aromatic rings. The summed E-state index contributed by atoms with van der Waals surface area (Å²) in [5.41, 5.74) is 0.895. The highest BCUT2D eigenvalue weighted by Crippen LogP contribution is 2.15. The quantitative estimate of drug-likeness (QED) is 0.388. The molecule has 0 atom stereocenters. The van der Waals surface area contributed by atoms with Crippen LogP contribution in [-0.2, 0) is 13.0 Å². The van der Waals surface area contributed by atoms with Crippen molar-refractivity contribution in [1.29, 1.82) is 0 Å². The highest BCUT2D eigenvalue weighted by molar-refractivity contribution is 7.11. The van der Waals surface area contributed by atoms with Crippen LogP contribution in [-0.4, -0.2) is 33.6 Å². The van der Waals surface area contributed by atoms with Gasteiger partial charge in [-0.15, -0.1) is 21.5 Å². The zero-order chi connectivity index (χ0) is 17.5. The SMILES string of the molecule is CCNC(=NCc1ccc(C)s1)NCCCc1nnc2ccccn12. The van der Waals surface area contributed by atoms with Crippen LogP contribution in [0.3, 0.4) is 0 Å². The Morgan fingerprint density at radius 1 is 1.20 bits per heavy atom. The number of aromatic nitrogens is 3. The Bertz CT molecular complexity index is 835. The van der Waals surface area contributed by atoms with Crippen molar-refractivity contribution in [2.45, 2.75) is 33.2 Å². The van der Waals surface area contributed by atoms with Gasteiger partial charge in [-0.25, -0.2) is 4.99 Å². The van der Waals surface area contributed by atoms with Crippen molar-refractivity contribution < 1.29 is 0 Å². The maximum absolute atomic E-state index is 4.65. The van der Waals surface area contributed by atoms with Crippen LogP contribution in [0.4, 0.5) is 0 Å². The number of aryl methyl sites for hydroxylation is 2. The number of guanidine groups is 1. The largest absolute Gasteiger partial charge is 0.357 e. The molecule has 0 aliphatic carbocycles. The first-order valence-electron chi connectivity index (χ1n) is 8.62. The van der Waals surface area contributed by atoms with Gasteiger partial charge in [0.15, 0.2) is 11.6 Å². The standard InChI is InChI=1S/C18H24N6S/c1-3-19-18(21-13-15-10-9-14(2)25-15)20-11-6-8-17-23-22-16-7-4-5-12-24(16)17/h4-5,7,9-10,12H,3,6,8,11,13H2,1-2H3,(H2,19,20,21). The van der Waals surface area contributed by atoms with Gasteiger partial charge in [0.25, 0.3) is 0 Å². The highest BCUT2D eigenvalue weighted by atomic mass is 32.1. The van der Waals surface area contributed by atoms with Crippen LogP contribution < -0.4 is 10.6 Å². The average molecular weight is 356 g/mol. The van der Waals surface area contributed by atoms with Gasteiger partial charge in [0.2, 0.25) is 0 Å². The molecule has 0 radical (unpaired) electrons. The molecule has 0 amide bonds. The summed E-state index contributed by atoms with van der Waals surface area (Å²) in [6, 6.07) is 10.2. The number of aliphatic imine (C=N–C) groups is 1. The van der Waals surface area contributed by atoms with Crippen LogP contribution in [0.2, 0.25) is 0 Å². The second-order valence-corrected chi connectivity index (χ2v) is 7.16. The van der Waals surface area contributed by atoms with Crippen molar-refractivity contribution >= 4 is 22.9 Å². The number of hydrogen-bond acceptors (Lipinski definition) is 4. The molecule has 0 saturated carbocycles. The van der Waals surface area contributed by atoms with Gasteiger partial charge < -0.3 is 10.6 Å². The minimum atomic E-state index is 0.711. The number of nitrogens with zero attached hydrogens (tertiary/aromatic N) is 4. The van der Waals surface area contributed by atoms with Crippen LogP contribution >= 0.6 is 11.3 Å². The van der Waals surface area contributed by atoms with Crippen molar-refractivity contribution in [2.24, 2.45) is 4.99 Å². The second kappa shape index (κ2) is 8.62. The molecule has 0 saturated heterocycles. The Balaban J connectivity index is 1.49. The third kappa shape index (κ3) is 4.79. The fraction of sp³-hybridized carbons (Fsp3) is 0.389. The molecule has 0 bridgehead atoms. The lowest BCUT2D eigenvalue weighted by Gasteiger charge is -2.10. The molecular weight excluding hydrogens is 332 g/mol. The Labute approximate surface area is 152 Å². The van der Waals surface area contributed by atoms with E-state index in [0.717, 1.165) is 43.4 Å². The smallest absolute Gasteiger partial charge is 0.191 e. The lowest BCUT2D eigenvalue weighted by atomic mass is 10.3. The summed E-state index contributed by atoms with van der Waals surface area (Å²) >= 11 is 1.79. The molecule has 0 unspecified atom stereocenters. The van der Waals surface area contributed by atoms with E-state index in [2.05, 4.69) is 51.8 Å². The number of pyridine rings is 1. The Kier molecular flexibility index (Phi) is 6.00. The number of rotatable bonds is 7. The van der Waals surface area contributed by atoms with Gasteiger partial charge in [0, 0.05) is 35.5 Å². The third-order valence-electron chi connectivity index (χ3n) is 3.79. The number of nitrogens with one attached hydrogen (secondary N) is 2. The topological polar surface area (TPSA) is 66.6 Å². The van der Waals surface area contributed by atoms with E-state index in [9.17, 15) is 0 Å². The monoisotopic (exact) mass is 356 g/mol. The van der Waals surface area contributed by atoms with Gasteiger partial charge in [-0.1, -0.05) is 6.07 Å². The summed E-state index contributed by atoms with van der Waals surface area (Å²) in [6.45, 7) is 6.61. The summed E-state index contributed by atoms with van der Waals surface area (Å²) in [7, 11) is 0. The molecule has 3 heterocycles. The molecule has 6 nitrogen and oxygen atoms in total. The summed E-state index contributed by atoms with van der Waals surface area (Å²) in [5.74, 6) is 1.85. The molecular formula is C18H24N6S. The summed E-state index contributed by atoms with van der Waals surface area (Å²) in [6.07, 6.45) is 3.85. The second-order valence-electron chi connectivity index (χ2n) is 5.78. The molecule has 3 rings (SSSR count). The maximum Gasteiger partial charge on any atom is 0.191 e. The van der Waals surface area contributed by atoms with E-state index in [1.807, 2.05) is 28.8 Å². The van der Waals surface area contributed by atoms with Crippen molar-refractivity contribution in [2.75, 3.05) is 13.1 Å². The van der Waals surface area contributed by atoms with Crippen LogP contribution in [0.25, 0.3) is 5.65 Å².